The van der Waals surface area contributed by atoms with E-state index in [1.54, 1.807) is 11.3 Å². The van der Waals surface area contributed by atoms with Crippen molar-refractivity contribution in [2.45, 2.75) is 13.8 Å². The standard InChI is InChI=1S/C20H16NOS/c1-11-14-8-10-23-20(14)12(2)19-16(11)18-17-13(7-9-21(18)3)5-4-6-15(17)22-19/h4-10H,1-3H3/q+1. The van der Waals surface area contributed by atoms with E-state index in [1.807, 2.05) is 0 Å². The lowest BCUT2D eigenvalue weighted by Crippen LogP contribution is -2.31. The summed E-state index contributed by atoms with van der Waals surface area (Å²) in [5.74, 6) is 1.97. The summed E-state index contributed by atoms with van der Waals surface area (Å²) in [4.78, 5) is 0. The zero-order chi connectivity index (χ0) is 15.7. The highest BCUT2D eigenvalue weighted by molar-refractivity contribution is 7.17. The Morgan fingerprint density at radius 3 is 2.78 bits per heavy atom. The molecule has 5 rings (SSSR count). The Morgan fingerprint density at radius 2 is 1.91 bits per heavy atom. The monoisotopic (exact) mass is 318 g/mol. The van der Waals surface area contributed by atoms with Gasteiger partial charge in [-0.2, -0.15) is 0 Å². The fourth-order valence-electron chi connectivity index (χ4n) is 3.78. The number of fused-ring (bicyclic) bond motifs is 3. The number of rotatable bonds is 0. The van der Waals surface area contributed by atoms with E-state index in [0.29, 0.717) is 0 Å². The van der Waals surface area contributed by atoms with Crippen molar-refractivity contribution in [2.75, 3.05) is 0 Å². The molecule has 0 amide bonds. The summed E-state index contributed by atoms with van der Waals surface area (Å²) in [6.07, 6.45) is 2.14. The van der Waals surface area contributed by atoms with E-state index >= 15 is 0 Å². The number of ether oxygens (including phenoxy) is 1. The Hall–Kier alpha value is -2.39. The summed E-state index contributed by atoms with van der Waals surface area (Å²) in [6.45, 7) is 4.38. The highest BCUT2D eigenvalue weighted by atomic mass is 32.1. The van der Waals surface area contributed by atoms with E-state index in [1.165, 1.54) is 43.2 Å². The van der Waals surface area contributed by atoms with Crippen LogP contribution in [0.15, 0.2) is 41.9 Å². The Balaban J connectivity index is 2.07. The lowest BCUT2D eigenvalue weighted by molar-refractivity contribution is -0.659. The molecule has 0 fully saturated rings. The average Bonchev–Trinajstić information content (AvgIpc) is 3.05. The molecule has 0 bridgehead atoms. The van der Waals surface area contributed by atoms with Crippen LogP contribution in [-0.2, 0) is 7.05 Å². The van der Waals surface area contributed by atoms with Crippen LogP contribution < -0.4 is 9.30 Å². The molecule has 23 heavy (non-hydrogen) atoms. The minimum atomic E-state index is 0.958. The molecule has 0 spiro atoms. The first-order valence-electron chi connectivity index (χ1n) is 7.77. The zero-order valence-corrected chi connectivity index (χ0v) is 14.1. The van der Waals surface area contributed by atoms with Gasteiger partial charge in [0.2, 0.25) is 5.69 Å². The molecule has 112 valence electrons. The van der Waals surface area contributed by atoms with Gasteiger partial charge in [0.1, 0.15) is 18.5 Å². The molecule has 3 heteroatoms. The lowest BCUT2D eigenvalue weighted by Gasteiger charge is -2.22. The minimum absolute atomic E-state index is 0.958. The molecular weight excluding hydrogens is 302 g/mol. The molecule has 1 aliphatic heterocycles. The van der Waals surface area contributed by atoms with E-state index in [0.717, 1.165) is 11.5 Å². The van der Waals surface area contributed by atoms with Crippen molar-refractivity contribution in [1.82, 2.24) is 0 Å². The molecule has 0 unspecified atom stereocenters. The van der Waals surface area contributed by atoms with Gasteiger partial charge >= 0.3 is 0 Å². The van der Waals surface area contributed by atoms with Gasteiger partial charge in [0.05, 0.1) is 10.9 Å². The molecule has 4 aromatic rings. The van der Waals surface area contributed by atoms with Crippen LogP contribution in [-0.4, -0.2) is 0 Å². The predicted octanol–water partition coefficient (Wildman–Crippen LogP) is 5.27. The SMILES string of the molecule is Cc1c2c(c(C)c3sccc13)Oc1cccc3cc[n+](C)c-2c13. The van der Waals surface area contributed by atoms with Crippen LogP contribution in [0.3, 0.4) is 0 Å². The average molecular weight is 318 g/mol. The molecule has 0 atom stereocenters. The summed E-state index contributed by atoms with van der Waals surface area (Å²) < 4.78 is 9.94. The minimum Gasteiger partial charge on any atom is -0.455 e. The van der Waals surface area contributed by atoms with Crippen molar-refractivity contribution in [2.24, 2.45) is 7.05 Å². The van der Waals surface area contributed by atoms with Gasteiger partial charge in [-0.3, -0.25) is 0 Å². The molecule has 2 nitrogen and oxygen atoms in total. The van der Waals surface area contributed by atoms with Gasteiger partial charge in [0.15, 0.2) is 6.20 Å². The fraction of sp³-hybridized carbons (Fsp3) is 0.150. The third-order valence-corrected chi connectivity index (χ3v) is 5.96. The molecule has 2 aromatic carbocycles. The quantitative estimate of drug-likeness (QED) is 0.355. The van der Waals surface area contributed by atoms with Gasteiger partial charge in [-0.05, 0) is 47.7 Å². The third kappa shape index (κ3) is 1.55. The van der Waals surface area contributed by atoms with Crippen molar-refractivity contribution < 1.29 is 9.30 Å². The second-order valence-electron chi connectivity index (χ2n) is 6.22. The summed E-state index contributed by atoms with van der Waals surface area (Å²) in [7, 11) is 2.12. The Kier molecular flexibility index (Phi) is 2.46. The van der Waals surface area contributed by atoms with Gasteiger partial charge in [-0.1, -0.05) is 12.1 Å². The predicted molar refractivity (Wildman–Crippen MR) is 95.5 cm³/mol. The van der Waals surface area contributed by atoms with Crippen molar-refractivity contribution in [1.29, 1.82) is 0 Å². The van der Waals surface area contributed by atoms with Gasteiger partial charge in [0.25, 0.3) is 0 Å². The van der Waals surface area contributed by atoms with Gasteiger partial charge in [-0.15, -0.1) is 11.3 Å². The number of pyridine rings is 1. The van der Waals surface area contributed by atoms with Crippen LogP contribution in [0.25, 0.3) is 32.1 Å². The number of hydrogen-bond donors (Lipinski definition) is 0. The van der Waals surface area contributed by atoms with E-state index in [4.69, 9.17) is 4.74 Å². The molecule has 0 saturated heterocycles. The molecule has 0 radical (unpaired) electrons. The van der Waals surface area contributed by atoms with E-state index in [2.05, 4.69) is 67.4 Å². The van der Waals surface area contributed by atoms with Crippen molar-refractivity contribution in [3.63, 3.8) is 0 Å². The number of aromatic nitrogens is 1. The molecule has 3 heterocycles. The molecule has 2 aromatic heterocycles. The lowest BCUT2D eigenvalue weighted by atomic mass is 9.92. The summed E-state index contributed by atoms with van der Waals surface area (Å²) in [6, 6.07) is 10.7. The number of thiophene rings is 1. The third-order valence-electron chi connectivity index (χ3n) is 4.93. The molecule has 0 N–H and O–H groups in total. The zero-order valence-electron chi connectivity index (χ0n) is 13.3. The summed E-state index contributed by atoms with van der Waals surface area (Å²) >= 11 is 1.79. The topological polar surface area (TPSA) is 13.1 Å². The number of nitrogens with zero attached hydrogens (tertiary/aromatic N) is 1. The second-order valence-corrected chi connectivity index (χ2v) is 7.13. The number of aryl methyl sites for hydroxylation is 3. The van der Waals surface area contributed by atoms with Gasteiger partial charge in [-0.25, -0.2) is 4.57 Å². The maximum atomic E-state index is 6.39. The van der Waals surface area contributed by atoms with Crippen molar-refractivity contribution in [3.05, 3.63) is 53.0 Å². The largest absolute Gasteiger partial charge is 0.455 e. The fourth-order valence-corrected chi connectivity index (χ4v) is 4.74. The maximum Gasteiger partial charge on any atom is 0.228 e. The van der Waals surface area contributed by atoms with Gasteiger partial charge < -0.3 is 4.74 Å². The first kappa shape index (κ1) is 13.1. The van der Waals surface area contributed by atoms with E-state index in [-0.39, 0.29) is 0 Å². The molecule has 0 saturated carbocycles. The first-order valence-corrected chi connectivity index (χ1v) is 8.64. The normalized spacial score (nSPS) is 12.5. The van der Waals surface area contributed by atoms with Crippen LogP contribution >= 0.6 is 11.3 Å². The molecule has 1 aliphatic rings. The van der Waals surface area contributed by atoms with Crippen LogP contribution in [0, 0.1) is 13.8 Å². The van der Waals surface area contributed by atoms with E-state index in [9.17, 15) is 0 Å². The van der Waals surface area contributed by atoms with Crippen molar-refractivity contribution >= 4 is 32.2 Å². The molecule has 0 aliphatic carbocycles. The Labute approximate surface area is 138 Å². The highest BCUT2D eigenvalue weighted by Gasteiger charge is 2.31. The number of hydrogen-bond acceptors (Lipinski definition) is 2. The van der Waals surface area contributed by atoms with Crippen LogP contribution in [0.1, 0.15) is 11.1 Å². The summed E-state index contributed by atoms with van der Waals surface area (Å²) in [5, 5.41) is 5.95. The Bertz CT molecular complexity index is 1120. The molecular formula is C20H16NOS+. The maximum absolute atomic E-state index is 6.39. The van der Waals surface area contributed by atoms with Gasteiger partial charge in [0, 0.05) is 16.3 Å². The first-order chi connectivity index (χ1) is 11.2. The van der Waals surface area contributed by atoms with E-state index < -0.39 is 0 Å². The number of benzene rings is 2. The summed E-state index contributed by atoms with van der Waals surface area (Å²) in [5.41, 5.74) is 5.04. The smallest absolute Gasteiger partial charge is 0.228 e. The van der Waals surface area contributed by atoms with Crippen LogP contribution in [0.2, 0.25) is 0 Å². The second kappa shape index (κ2) is 4.33. The van der Waals surface area contributed by atoms with Crippen LogP contribution in [0.5, 0.6) is 11.5 Å². The van der Waals surface area contributed by atoms with Crippen molar-refractivity contribution in [3.8, 4) is 22.8 Å². The van der Waals surface area contributed by atoms with Crippen LogP contribution in [0.4, 0.5) is 0 Å². The highest BCUT2D eigenvalue weighted by Crippen LogP contribution is 2.50. The Morgan fingerprint density at radius 1 is 1.04 bits per heavy atom.